The topological polar surface area (TPSA) is 76.1 Å². The molecule has 4 aromatic rings. The lowest BCUT2D eigenvalue weighted by Gasteiger charge is -2.29. The average molecular weight is 546 g/mol. The Morgan fingerprint density at radius 2 is 1.70 bits per heavy atom. The van der Waals surface area contributed by atoms with E-state index in [1.54, 1.807) is 37.6 Å². The van der Waals surface area contributed by atoms with E-state index in [0.29, 0.717) is 46.4 Å². The molecule has 0 bridgehead atoms. The molecular formula is C32H36FN3O4. The van der Waals surface area contributed by atoms with Gasteiger partial charge < -0.3 is 24.6 Å². The summed E-state index contributed by atoms with van der Waals surface area (Å²) >= 11 is 0. The molecular weight excluding hydrogens is 509 g/mol. The summed E-state index contributed by atoms with van der Waals surface area (Å²) in [5, 5.41) is 13.6. The second kappa shape index (κ2) is 12.5. The molecule has 0 spiro atoms. The average Bonchev–Trinajstić information content (AvgIpc) is 2.95. The van der Waals surface area contributed by atoms with Crippen LogP contribution in [0.5, 0.6) is 23.0 Å². The Bertz CT molecular complexity index is 1440. The van der Waals surface area contributed by atoms with Crippen molar-refractivity contribution in [3.05, 3.63) is 78.2 Å². The molecule has 0 amide bonds. The highest BCUT2D eigenvalue weighted by atomic mass is 19.1. The van der Waals surface area contributed by atoms with Gasteiger partial charge in [0.25, 0.3) is 0 Å². The Hall–Kier alpha value is -3.88. The van der Waals surface area contributed by atoms with Gasteiger partial charge in [-0.05, 0) is 60.7 Å². The van der Waals surface area contributed by atoms with E-state index in [1.807, 2.05) is 18.2 Å². The monoisotopic (exact) mass is 545 g/mol. The molecule has 2 heterocycles. The molecule has 0 radical (unpaired) electrons. The van der Waals surface area contributed by atoms with E-state index in [2.05, 4.69) is 41.2 Å². The quantitative estimate of drug-likeness (QED) is 0.225. The van der Waals surface area contributed by atoms with Crippen molar-refractivity contribution in [1.29, 1.82) is 0 Å². The Labute approximate surface area is 234 Å². The van der Waals surface area contributed by atoms with Crippen molar-refractivity contribution in [2.45, 2.75) is 38.7 Å². The van der Waals surface area contributed by atoms with Gasteiger partial charge in [0.15, 0.2) is 23.1 Å². The number of aliphatic hydroxyl groups is 1. The second-order valence-corrected chi connectivity index (χ2v) is 10.4. The van der Waals surface area contributed by atoms with Gasteiger partial charge in [0.2, 0.25) is 0 Å². The Morgan fingerprint density at radius 3 is 2.40 bits per heavy atom. The van der Waals surface area contributed by atoms with Crippen molar-refractivity contribution in [3.8, 4) is 23.0 Å². The molecule has 3 aromatic carbocycles. The van der Waals surface area contributed by atoms with E-state index in [4.69, 9.17) is 14.2 Å². The first-order valence-electron chi connectivity index (χ1n) is 13.7. The van der Waals surface area contributed by atoms with Gasteiger partial charge in [-0.15, -0.1) is 0 Å². The smallest absolute Gasteiger partial charge is 0.167 e. The number of fused-ring (bicyclic) bond motifs is 1. The molecule has 5 rings (SSSR count). The first kappa shape index (κ1) is 27.7. The predicted molar refractivity (Wildman–Crippen MR) is 156 cm³/mol. The number of nitrogens with one attached hydrogen (secondary N) is 1. The third-order valence-corrected chi connectivity index (χ3v) is 7.23. The van der Waals surface area contributed by atoms with E-state index < -0.39 is 5.82 Å². The van der Waals surface area contributed by atoms with Gasteiger partial charge in [-0.3, -0.25) is 9.88 Å². The molecule has 0 saturated carbocycles. The van der Waals surface area contributed by atoms with Crippen molar-refractivity contribution >= 4 is 22.3 Å². The van der Waals surface area contributed by atoms with Crippen LogP contribution in [-0.2, 0) is 0 Å². The number of hydrogen-bond acceptors (Lipinski definition) is 7. The maximum absolute atomic E-state index is 15.1. The van der Waals surface area contributed by atoms with Crippen LogP contribution in [0, 0.1) is 5.82 Å². The maximum atomic E-state index is 15.1. The minimum atomic E-state index is -0.481. The fraction of sp³-hybridized carbons (Fsp3) is 0.344. The summed E-state index contributed by atoms with van der Waals surface area (Å²) in [5.41, 5.74) is 3.42. The van der Waals surface area contributed by atoms with Crippen molar-refractivity contribution in [1.82, 2.24) is 9.88 Å². The standard InChI is InChI=1S/C32H36FN3O4/c1-21(2)22-4-6-23(7-5-22)35-24-8-9-30(27(33)18-24)40-29-10-13-34-28-20-32(31(38-3)19-26(28)29)39-17-16-36-14-11-25(37)12-15-36/h4-10,13,18-21,25,35,37H,11-12,14-17H2,1-3H3. The highest BCUT2D eigenvalue weighted by Crippen LogP contribution is 2.38. The number of nitrogens with zero attached hydrogens (tertiary/aromatic N) is 2. The summed E-state index contributed by atoms with van der Waals surface area (Å²) < 4.78 is 32.7. The normalized spacial score (nSPS) is 14.4. The summed E-state index contributed by atoms with van der Waals surface area (Å²) in [4.78, 5) is 6.75. The number of halogens is 1. The van der Waals surface area contributed by atoms with Gasteiger partial charge in [-0.1, -0.05) is 26.0 Å². The van der Waals surface area contributed by atoms with Crippen LogP contribution < -0.4 is 19.5 Å². The molecule has 40 heavy (non-hydrogen) atoms. The molecule has 2 N–H and O–H groups in total. The maximum Gasteiger partial charge on any atom is 0.167 e. The van der Waals surface area contributed by atoms with E-state index in [-0.39, 0.29) is 11.9 Å². The molecule has 1 fully saturated rings. The summed E-state index contributed by atoms with van der Waals surface area (Å²) in [6.45, 7) is 7.27. The minimum absolute atomic E-state index is 0.110. The van der Waals surface area contributed by atoms with E-state index in [9.17, 15) is 5.11 Å². The summed E-state index contributed by atoms with van der Waals surface area (Å²) in [6.07, 6.45) is 3.01. The van der Waals surface area contributed by atoms with Crippen LogP contribution in [0.25, 0.3) is 10.9 Å². The van der Waals surface area contributed by atoms with E-state index in [1.165, 1.54) is 11.6 Å². The molecule has 0 aliphatic carbocycles. The molecule has 0 unspecified atom stereocenters. The van der Waals surface area contributed by atoms with Crippen LogP contribution >= 0.6 is 0 Å². The number of piperidine rings is 1. The summed E-state index contributed by atoms with van der Waals surface area (Å²) in [7, 11) is 1.58. The zero-order valence-corrected chi connectivity index (χ0v) is 23.2. The highest BCUT2D eigenvalue weighted by molar-refractivity contribution is 5.88. The number of methoxy groups -OCH3 is 1. The minimum Gasteiger partial charge on any atom is -0.493 e. The van der Waals surface area contributed by atoms with Crippen LogP contribution in [0.4, 0.5) is 15.8 Å². The van der Waals surface area contributed by atoms with Crippen molar-refractivity contribution in [2.24, 2.45) is 0 Å². The molecule has 1 aromatic heterocycles. The largest absolute Gasteiger partial charge is 0.493 e. The molecule has 0 atom stereocenters. The number of hydrogen-bond donors (Lipinski definition) is 2. The van der Waals surface area contributed by atoms with Crippen molar-refractivity contribution in [2.75, 3.05) is 38.7 Å². The lowest BCUT2D eigenvalue weighted by molar-refractivity contribution is 0.0753. The molecule has 8 heteroatoms. The number of pyridine rings is 1. The van der Waals surface area contributed by atoms with Crippen molar-refractivity contribution < 1.29 is 23.7 Å². The highest BCUT2D eigenvalue weighted by Gasteiger charge is 2.18. The molecule has 210 valence electrons. The Morgan fingerprint density at radius 1 is 0.950 bits per heavy atom. The Balaban J connectivity index is 1.28. The van der Waals surface area contributed by atoms with Crippen molar-refractivity contribution in [3.63, 3.8) is 0 Å². The summed E-state index contributed by atoms with van der Waals surface area (Å²) in [5.74, 6) is 1.67. The number of rotatable bonds is 10. The van der Waals surface area contributed by atoms with Crippen LogP contribution in [-0.4, -0.2) is 54.4 Å². The zero-order chi connectivity index (χ0) is 28.1. The lowest BCUT2D eigenvalue weighted by Crippen LogP contribution is -2.38. The SMILES string of the molecule is COc1cc2c(Oc3ccc(Nc4ccc(C(C)C)cc4)cc3F)ccnc2cc1OCCN1CCC(O)CC1. The number of anilines is 2. The second-order valence-electron chi connectivity index (χ2n) is 10.4. The van der Waals surface area contributed by atoms with Gasteiger partial charge in [0.1, 0.15) is 12.4 Å². The third kappa shape index (κ3) is 6.63. The van der Waals surface area contributed by atoms with Crippen LogP contribution in [0.2, 0.25) is 0 Å². The number of benzene rings is 3. The van der Waals surface area contributed by atoms with Gasteiger partial charge in [-0.2, -0.15) is 0 Å². The van der Waals surface area contributed by atoms with E-state index >= 15 is 4.39 Å². The van der Waals surface area contributed by atoms with Gasteiger partial charge in [0, 0.05) is 54.7 Å². The van der Waals surface area contributed by atoms with E-state index in [0.717, 1.165) is 38.2 Å². The molecule has 1 saturated heterocycles. The van der Waals surface area contributed by atoms with Gasteiger partial charge in [-0.25, -0.2) is 4.39 Å². The molecule has 7 nitrogen and oxygen atoms in total. The number of likely N-dealkylation sites (tertiary alicyclic amines) is 1. The molecule has 1 aliphatic heterocycles. The predicted octanol–water partition coefficient (Wildman–Crippen LogP) is 6.88. The fourth-order valence-corrected chi connectivity index (χ4v) is 4.82. The number of ether oxygens (including phenoxy) is 3. The summed E-state index contributed by atoms with van der Waals surface area (Å²) in [6, 6.07) is 18.3. The number of aliphatic hydroxyl groups excluding tert-OH is 1. The Kier molecular flexibility index (Phi) is 8.67. The first-order chi connectivity index (χ1) is 19.4. The van der Waals surface area contributed by atoms with Crippen LogP contribution in [0.15, 0.2) is 66.9 Å². The van der Waals surface area contributed by atoms with Gasteiger partial charge >= 0.3 is 0 Å². The number of aromatic nitrogens is 1. The van der Waals surface area contributed by atoms with Crippen LogP contribution in [0.1, 0.15) is 38.2 Å². The van der Waals surface area contributed by atoms with Gasteiger partial charge in [0.05, 0.1) is 18.7 Å². The molecule has 1 aliphatic rings. The first-order valence-corrected chi connectivity index (χ1v) is 13.7. The van der Waals surface area contributed by atoms with Crippen LogP contribution in [0.3, 0.4) is 0 Å². The lowest BCUT2D eigenvalue weighted by atomic mass is 10.0. The third-order valence-electron chi connectivity index (χ3n) is 7.23. The fourth-order valence-electron chi connectivity index (χ4n) is 4.82. The zero-order valence-electron chi connectivity index (χ0n) is 23.2.